The van der Waals surface area contributed by atoms with Crippen LogP contribution in [0.4, 0.5) is 0 Å². The van der Waals surface area contributed by atoms with Gasteiger partial charge in [-0.3, -0.25) is 4.79 Å². The molecule has 1 N–H and O–H groups in total. The number of rotatable bonds is 3. The van der Waals surface area contributed by atoms with Crippen LogP contribution in [0.15, 0.2) is 28.7 Å². The predicted molar refractivity (Wildman–Crippen MR) is 83.8 cm³/mol. The molecule has 1 fully saturated rings. The van der Waals surface area contributed by atoms with E-state index < -0.39 is 0 Å². The molecular weight excluding hydrogens is 328 g/mol. The highest BCUT2D eigenvalue weighted by Crippen LogP contribution is 2.13. The van der Waals surface area contributed by atoms with Crippen molar-refractivity contribution in [1.82, 2.24) is 10.2 Å². The van der Waals surface area contributed by atoms with Gasteiger partial charge >= 0.3 is 0 Å². The van der Waals surface area contributed by atoms with Crippen molar-refractivity contribution in [1.29, 1.82) is 0 Å². The Morgan fingerprint density at radius 2 is 2.11 bits per heavy atom. The highest BCUT2D eigenvalue weighted by Gasteiger charge is 2.22. The van der Waals surface area contributed by atoms with Crippen LogP contribution in [-0.2, 0) is 11.2 Å². The topological polar surface area (TPSA) is 32.3 Å². The lowest BCUT2D eigenvalue weighted by molar-refractivity contribution is -0.133. The average Bonchev–Trinajstić information content (AvgIpc) is 2.38. The zero-order valence-corrected chi connectivity index (χ0v) is 13.5. The monoisotopic (exact) mass is 346 g/mol. The van der Waals surface area contributed by atoms with E-state index in [1.165, 1.54) is 5.56 Å². The number of amides is 1. The molecular formula is C14H20BrClN2O. The largest absolute Gasteiger partial charge is 0.337 e. The molecule has 0 spiro atoms. The van der Waals surface area contributed by atoms with Crippen LogP contribution in [0.5, 0.6) is 0 Å². The van der Waals surface area contributed by atoms with Gasteiger partial charge in [0.2, 0.25) is 5.91 Å². The van der Waals surface area contributed by atoms with E-state index in [1.807, 2.05) is 17.0 Å². The van der Waals surface area contributed by atoms with Crippen LogP contribution in [0.2, 0.25) is 0 Å². The molecule has 0 unspecified atom stereocenters. The second-order valence-corrected chi connectivity index (χ2v) is 5.68. The number of hydrogen-bond donors (Lipinski definition) is 1. The molecule has 0 aliphatic carbocycles. The minimum atomic E-state index is 0. The fourth-order valence-corrected chi connectivity index (χ4v) is 2.52. The third kappa shape index (κ3) is 4.79. The molecule has 3 nitrogen and oxygen atoms in total. The summed E-state index contributed by atoms with van der Waals surface area (Å²) in [5, 5.41) is 3.30. The van der Waals surface area contributed by atoms with Gasteiger partial charge in [0.1, 0.15) is 0 Å². The van der Waals surface area contributed by atoms with Gasteiger partial charge in [0.25, 0.3) is 0 Å². The minimum Gasteiger partial charge on any atom is -0.337 e. The highest BCUT2D eigenvalue weighted by atomic mass is 79.9. The second kappa shape index (κ2) is 7.88. The maximum Gasteiger partial charge on any atom is 0.223 e. The van der Waals surface area contributed by atoms with Crippen molar-refractivity contribution in [2.24, 2.45) is 0 Å². The van der Waals surface area contributed by atoms with Gasteiger partial charge in [-0.1, -0.05) is 28.1 Å². The van der Waals surface area contributed by atoms with Crippen molar-refractivity contribution in [3.8, 4) is 0 Å². The van der Waals surface area contributed by atoms with Gasteiger partial charge in [0.05, 0.1) is 0 Å². The third-order valence-electron chi connectivity index (χ3n) is 3.36. The van der Waals surface area contributed by atoms with Crippen LogP contribution in [0.25, 0.3) is 0 Å². The summed E-state index contributed by atoms with van der Waals surface area (Å²) in [4.78, 5) is 14.1. The van der Waals surface area contributed by atoms with E-state index in [0.29, 0.717) is 12.5 Å². The summed E-state index contributed by atoms with van der Waals surface area (Å²) < 4.78 is 1.08. The van der Waals surface area contributed by atoms with Gasteiger partial charge in [-0.25, -0.2) is 0 Å². The second-order valence-electron chi connectivity index (χ2n) is 4.77. The number of carbonyl (C=O) groups is 1. The number of carbonyl (C=O) groups excluding carboxylic acids is 1. The summed E-state index contributed by atoms with van der Waals surface area (Å²) in [6.07, 6.45) is 1.43. The first kappa shape index (κ1) is 16.5. The lowest BCUT2D eigenvalue weighted by atomic mass is 10.1. The summed E-state index contributed by atoms with van der Waals surface area (Å²) in [7, 11) is 0. The standard InChI is InChI=1S/C14H19BrN2O.ClH/c1-11-10-16-8-9-17(11)14(18)7-4-12-2-5-13(15)6-3-12;/h2-3,5-6,11,16H,4,7-10H2,1H3;1H/t11-;/m0./s1. The summed E-state index contributed by atoms with van der Waals surface area (Å²) in [6, 6.07) is 8.49. The molecule has 1 amide bonds. The van der Waals surface area contributed by atoms with Crippen LogP contribution in [0.3, 0.4) is 0 Å². The fourth-order valence-electron chi connectivity index (χ4n) is 2.26. The maximum atomic E-state index is 12.1. The van der Waals surface area contributed by atoms with E-state index in [1.54, 1.807) is 0 Å². The Morgan fingerprint density at radius 1 is 1.42 bits per heavy atom. The van der Waals surface area contributed by atoms with Crippen LogP contribution in [0, 0.1) is 0 Å². The van der Waals surface area contributed by atoms with E-state index in [2.05, 4.69) is 40.3 Å². The predicted octanol–water partition coefficient (Wildman–Crippen LogP) is 2.62. The van der Waals surface area contributed by atoms with Crippen LogP contribution < -0.4 is 5.32 Å². The Hall–Kier alpha value is -0.580. The normalized spacial score (nSPS) is 18.8. The molecule has 0 aromatic heterocycles. The molecule has 0 saturated carbocycles. The van der Waals surface area contributed by atoms with Crippen molar-refractivity contribution >= 4 is 34.2 Å². The van der Waals surface area contributed by atoms with Gasteiger partial charge in [-0.15, -0.1) is 12.4 Å². The molecule has 5 heteroatoms. The van der Waals surface area contributed by atoms with E-state index in [0.717, 1.165) is 30.5 Å². The SMILES string of the molecule is C[C@H]1CNCCN1C(=O)CCc1ccc(Br)cc1.Cl. The molecule has 1 atom stereocenters. The number of halogens is 2. The smallest absolute Gasteiger partial charge is 0.223 e. The van der Waals surface area contributed by atoms with Crippen LogP contribution in [-0.4, -0.2) is 36.5 Å². The van der Waals surface area contributed by atoms with Gasteiger partial charge in [-0.05, 0) is 31.0 Å². The molecule has 2 rings (SSSR count). The van der Waals surface area contributed by atoms with Crippen LogP contribution >= 0.6 is 28.3 Å². The average molecular weight is 348 g/mol. The Kier molecular flexibility index (Phi) is 6.83. The lowest BCUT2D eigenvalue weighted by Crippen LogP contribution is -2.52. The Bertz CT molecular complexity index is 410. The van der Waals surface area contributed by atoms with E-state index >= 15 is 0 Å². The van der Waals surface area contributed by atoms with Crippen molar-refractivity contribution in [2.75, 3.05) is 19.6 Å². The molecule has 1 aromatic rings. The number of benzene rings is 1. The molecule has 0 radical (unpaired) electrons. The number of piperazine rings is 1. The van der Waals surface area contributed by atoms with Gasteiger partial charge in [0.15, 0.2) is 0 Å². The quantitative estimate of drug-likeness (QED) is 0.911. The molecule has 19 heavy (non-hydrogen) atoms. The Morgan fingerprint density at radius 3 is 2.74 bits per heavy atom. The molecule has 1 aliphatic heterocycles. The summed E-state index contributed by atoms with van der Waals surface area (Å²) in [6.45, 7) is 4.75. The van der Waals surface area contributed by atoms with Crippen molar-refractivity contribution in [2.45, 2.75) is 25.8 Å². The Balaban J connectivity index is 0.00000180. The third-order valence-corrected chi connectivity index (χ3v) is 3.89. The number of nitrogens with one attached hydrogen (secondary N) is 1. The molecule has 1 saturated heterocycles. The molecule has 106 valence electrons. The first-order valence-electron chi connectivity index (χ1n) is 6.41. The van der Waals surface area contributed by atoms with Gasteiger partial charge < -0.3 is 10.2 Å². The van der Waals surface area contributed by atoms with Crippen molar-refractivity contribution < 1.29 is 4.79 Å². The molecule has 1 aromatic carbocycles. The summed E-state index contributed by atoms with van der Waals surface area (Å²) >= 11 is 3.41. The first-order chi connectivity index (χ1) is 8.66. The number of aryl methyl sites for hydroxylation is 1. The zero-order valence-electron chi connectivity index (χ0n) is 11.1. The maximum absolute atomic E-state index is 12.1. The van der Waals surface area contributed by atoms with Crippen molar-refractivity contribution in [3.05, 3.63) is 34.3 Å². The van der Waals surface area contributed by atoms with Crippen molar-refractivity contribution in [3.63, 3.8) is 0 Å². The summed E-state index contributed by atoms with van der Waals surface area (Å²) in [5.41, 5.74) is 1.22. The zero-order chi connectivity index (χ0) is 13.0. The molecule has 1 aliphatic rings. The lowest BCUT2D eigenvalue weighted by Gasteiger charge is -2.34. The minimum absolute atomic E-state index is 0. The van der Waals surface area contributed by atoms with E-state index in [9.17, 15) is 4.79 Å². The Labute approximate surface area is 129 Å². The van der Waals surface area contributed by atoms with E-state index in [4.69, 9.17) is 0 Å². The summed E-state index contributed by atoms with van der Waals surface area (Å²) in [5.74, 6) is 0.270. The molecule has 1 heterocycles. The number of hydrogen-bond acceptors (Lipinski definition) is 2. The van der Waals surface area contributed by atoms with E-state index in [-0.39, 0.29) is 18.3 Å². The number of nitrogens with zero attached hydrogens (tertiary/aromatic N) is 1. The van der Waals surface area contributed by atoms with Gasteiger partial charge in [0, 0.05) is 36.6 Å². The van der Waals surface area contributed by atoms with Gasteiger partial charge in [-0.2, -0.15) is 0 Å². The highest BCUT2D eigenvalue weighted by molar-refractivity contribution is 9.10. The first-order valence-corrected chi connectivity index (χ1v) is 7.21. The fraction of sp³-hybridized carbons (Fsp3) is 0.500. The molecule has 0 bridgehead atoms. The van der Waals surface area contributed by atoms with Crippen LogP contribution in [0.1, 0.15) is 18.9 Å².